The van der Waals surface area contributed by atoms with E-state index in [0.29, 0.717) is 12.3 Å². The van der Waals surface area contributed by atoms with E-state index in [-0.39, 0.29) is 11.9 Å². The Balaban J connectivity index is 1.50. The summed E-state index contributed by atoms with van der Waals surface area (Å²) in [5.41, 5.74) is 1.87. The van der Waals surface area contributed by atoms with Crippen molar-refractivity contribution in [2.75, 3.05) is 38.2 Å². The summed E-state index contributed by atoms with van der Waals surface area (Å²) in [5.74, 6) is 1.11. The van der Waals surface area contributed by atoms with Crippen LogP contribution in [0.3, 0.4) is 0 Å². The molecule has 3 rings (SSSR count). The molecule has 0 bridgehead atoms. The Bertz CT molecular complexity index is 773. The third-order valence-corrected chi connectivity index (χ3v) is 5.06. The van der Waals surface area contributed by atoms with E-state index < -0.39 is 0 Å². The van der Waals surface area contributed by atoms with Crippen LogP contribution in [0.15, 0.2) is 48.5 Å². The van der Waals surface area contributed by atoms with Gasteiger partial charge in [-0.25, -0.2) is 0 Å². The second-order valence-corrected chi connectivity index (χ2v) is 6.76. The molecule has 0 aliphatic carbocycles. The van der Waals surface area contributed by atoms with Crippen molar-refractivity contribution < 1.29 is 14.6 Å². The SMILES string of the molecule is COc1cccc(CNC(=O)C(C)N2CCN(c3ccccc3O)CC2)c1. The summed E-state index contributed by atoms with van der Waals surface area (Å²) in [7, 11) is 1.63. The van der Waals surface area contributed by atoms with Crippen LogP contribution in [0.4, 0.5) is 5.69 Å². The average molecular weight is 369 g/mol. The highest BCUT2D eigenvalue weighted by Crippen LogP contribution is 2.27. The van der Waals surface area contributed by atoms with Crippen molar-refractivity contribution in [3.63, 3.8) is 0 Å². The number of hydrogen-bond acceptors (Lipinski definition) is 5. The van der Waals surface area contributed by atoms with Crippen molar-refractivity contribution in [3.8, 4) is 11.5 Å². The van der Waals surface area contributed by atoms with Gasteiger partial charge in [-0.05, 0) is 36.8 Å². The number of hydrogen-bond donors (Lipinski definition) is 2. The smallest absolute Gasteiger partial charge is 0.237 e. The fourth-order valence-corrected chi connectivity index (χ4v) is 3.37. The molecule has 2 N–H and O–H groups in total. The molecule has 6 heteroatoms. The number of methoxy groups -OCH3 is 1. The van der Waals surface area contributed by atoms with Crippen LogP contribution in [0, 0.1) is 0 Å². The first-order valence-electron chi connectivity index (χ1n) is 9.26. The van der Waals surface area contributed by atoms with Crippen molar-refractivity contribution in [2.45, 2.75) is 19.5 Å². The van der Waals surface area contributed by atoms with Crippen LogP contribution in [0.1, 0.15) is 12.5 Å². The summed E-state index contributed by atoms with van der Waals surface area (Å²) in [5, 5.41) is 13.0. The van der Waals surface area contributed by atoms with Crippen molar-refractivity contribution in [1.29, 1.82) is 0 Å². The molecule has 0 saturated carbocycles. The van der Waals surface area contributed by atoms with Gasteiger partial charge in [-0.2, -0.15) is 0 Å². The molecule has 2 aromatic carbocycles. The van der Waals surface area contributed by atoms with Gasteiger partial charge in [0.15, 0.2) is 0 Å². The molecular formula is C21H27N3O3. The number of phenolic OH excluding ortho intramolecular Hbond substituents is 1. The zero-order chi connectivity index (χ0) is 19.2. The molecule has 144 valence electrons. The molecule has 1 aliphatic heterocycles. The number of nitrogens with one attached hydrogen (secondary N) is 1. The van der Waals surface area contributed by atoms with Gasteiger partial charge in [-0.15, -0.1) is 0 Å². The Morgan fingerprint density at radius 2 is 1.89 bits per heavy atom. The minimum Gasteiger partial charge on any atom is -0.506 e. The van der Waals surface area contributed by atoms with E-state index in [4.69, 9.17) is 4.74 Å². The lowest BCUT2D eigenvalue weighted by molar-refractivity contribution is -0.126. The molecule has 1 unspecified atom stereocenters. The lowest BCUT2D eigenvalue weighted by atomic mass is 10.1. The fourth-order valence-electron chi connectivity index (χ4n) is 3.37. The number of carbonyl (C=O) groups excluding carboxylic acids is 1. The van der Waals surface area contributed by atoms with Gasteiger partial charge in [-0.3, -0.25) is 9.69 Å². The number of aromatic hydroxyl groups is 1. The molecular weight excluding hydrogens is 342 g/mol. The van der Waals surface area contributed by atoms with Crippen LogP contribution in [0.5, 0.6) is 11.5 Å². The van der Waals surface area contributed by atoms with E-state index in [1.807, 2.05) is 49.4 Å². The lowest BCUT2D eigenvalue weighted by Gasteiger charge is -2.38. The van der Waals surface area contributed by atoms with E-state index in [9.17, 15) is 9.90 Å². The minimum atomic E-state index is -0.192. The molecule has 1 amide bonds. The van der Waals surface area contributed by atoms with Gasteiger partial charge in [0.2, 0.25) is 5.91 Å². The molecule has 1 aliphatic rings. The normalized spacial score (nSPS) is 16.0. The number of piperazine rings is 1. The number of phenols is 1. The monoisotopic (exact) mass is 369 g/mol. The van der Waals surface area contributed by atoms with Gasteiger partial charge in [0.1, 0.15) is 11.5 Å². The summed E-state index contributed by atoms with van der Waals surface area (Å²) in [6, 6.07) is 14.9. The first kappa shape index (κ1) is 19.0. The number of ether oxygens (including phenoxy) is 1. The van der Waals surface area contributed by atoms with E-state index in [0.717, 1.165) is 43.2 Å². The number of benzene rings is 2. The molecule has 0 spiro atoms. The number of nitrogens with zero attached hydrogens (tertiary/aromatic N) is 2. The fraction of sp³-hybridized carbons (Fsp3) is 0.381. The summed E-state index contributed by atoms with van der Waals surface area (Å²) in [4.78, 5) is 16.9. The highest BCUT2D eigenvalue weighted by molar-refractivity contribution is 5.81. The zero-order valence-corrected chi connectivity index (χ0v) is 15.9. The predicted molar refractivity (Wildman–Crippen MR) is 106 cm³/mol. The quantitative estimate of drug-likeness (QED) is 0.818. The number of carbonyl (C=O) groups is 1. The van der Waals surface area contributed by atoms with E-state index in [1.165, 1.54) is 0 Å². The van der Waals surface area contributed by atoms with Crippen molar-refractivity contribution >= 4 is 11.6 Å². The van der Waals surface area contributed by atoms with Crippen LogP contribution < -0.4 is 15.0 Å². The van der Waals surface area contributed by atoms with Crippen LogP contribution in [-0.2, 0) is 11.3 Å². The minimum absolute atomic E-state index is 0.0221. The molecule has 1 fully saturated rings. The molecule has 6 nitrogen and oxygen atoms in total. The van der Waals surface area contributed by atoms with Gasteiger partial charge >= 0.3 is 0 Å². The summed E-state index contributed by atoms with van der Waals surface area (Å²) in [6.07, 6.45) is 0. The van der Waals surface area contributed by atoms with Crippen LogP contribution >= 0.6 is 0 Å². The molecule has 27 heavy (non-hydrogen) atoms. The second-order valence-electron chi connectivity index (χ2n) is 6.76. The maximum atomic E-state index is 12.5. The highest BCUT2D eigenvalue weighted by Gasteiger charge is 2.26. The van der Waals surface area contributed by atoms with E-state index >= 15 is 0 Å². The van der Waals surface area contributed by atoms with Gasteiger partial charge in [0.25, 0.3) is 0 Å². The van der Waals surface area contributed by atoms with Gasteiger partial charge < -0.3 is 20.1 Å². The van der Waals surface area contributed by atoms with Gasteiger partial charge in [-0.1, -0.05) is 24.3 Å². The zero-order valence-electron chi connectivity index (χ0n) is 15.9. The lowest BCUT2D eigenvalue weighted by Crippen LogP contribution is -2.53. The Kier molecular flexibility index (Phi) is 6.19. The van der Waals surface area contributed by atoms with Crippen LogP contribution in [-0.4, -0.2) is 55.2 Å². The van der Waals surface area contributed by atoms with Crippen molar-refractivity contribution in [3.05, 3.63) is 54.1 Å². The average Bonchev–Trinajstić information content (AvgIpc) is 2.72. The third kappa shape index (κ3) is 4.71. The van der Waals surface area contributed by atoms with E-state index in [2.05, 4.69) is 15.1 Å². The second kappa shape index (κ2) is 8.77. The first-order chi connectivity index (χ1) is 13.1. The third-order valence-electron chi connectivity index (χ3n) is 5.06. The molecule has 0 radical (unpaired) electrons. The number of anilines is 1. The van der Waals surface area contributed by atoms with Gasteiger partial charge in [0, 0.05) is 32.7 Å². The van der Waals surface area contributed by atoms with Crippen molar-refractivity contribution in [2.24, 2.45) is 0 Å². The first-order valence-corrected chi connectivity index (χ1v) is 9.26. The molecule has 1 atom stereocenters. The number of para-hydroxylation sites is 2. The molecule has 1 saturated heterocycles. The van der Waals surface area contributed by atoms with Crippen LogP contribution in [0.2, 0.25) is 0 Å². The number of amides is 1. The maximum Gasteiger partial charge on any atom is 0.237 e. The summed E-state index contributed by atoms with van der Waals surface area (Å²) < 4.78 is 5.22. The Labute approximate surface area is 160 Å². The molecule has 0 aromatic heterocycles. The largest absolute Gasteiger partial charge is 0.506 e. The Morgan fingerprint density at radius 3 is 2.59 bits per heavy atom. The van der Waals surface area contributed by atoms with Crippen molar-refractivity contribution in [1.82, 2.24) is 10.2 Å². The highest BCUT2D eigenvalue weighted by atomic mass is 16.5. The van der Waals surface area contributed by atoms with E-state index in [1.54, 1.807) is 13.2 Å². The Hall–Kier alpha value is -2.73. The van der Waals surface area contributed by atoms with Gasteiger partial charge in [0.05, 0.1) is 18.8 Å². The molecule has 2 aromatic rings. The Morgan fingerprint density at radius 1 is 1.15 bits per heavy atom. The summed E-state index contributed by atoms with van der Waals surface area (Å²) in [6.45, 7) is 5.55. The number of rotatable bonds is 6. The van der Waals surface area contributed by atoms with Crippen LogP contribution in [0.25, 0.3) is 0 Å². The predicted octanol–water partition coefficient (Wildman–Crippen LogP) is 2.23. The molecule has 1 heterocycles. The maximum absolute atomic E-state index is 12.5. The topological polar surface area (TPSA) is 65.0 Å². The summed E-state index contributed by atoms with van der Waals surface area (Å²) >= 11 is 0. The standard InChI is InChI=1S/C21H27N3O3/c1-16(21(26)22-15-17-6-5-7-18(14-17)27-2)23-10-12-24(13-11-23)19-8-3-4-9-20(19)25/h3-9,14,16,25H,10-13,15H2,1-2H3,(H,22,26).